The van der Waals surface area contributed by atoms with Gasteiger partial charge in [-0.2, -0.15) is 0 Å². The van der Waals surface area contributed by atoms with E-state index in [1.807, 2.05) is 25.1 Å². The second-order valence-electron chi connectivity index (χ2n) is 5.93. The number of methoxy groups -OCH3 is 1. The van der Waals surface area contributed by atoms with Crippen LogP contribution in [-0.2, 0) is 12.8 Å². The number of aryl methyl sites for hydroxylation is 2. The zero-order valence-electron chi connectivity index (χ0n) is 13.6. The molecule has 120 valence electrons. The number of carbonyl (C=O) groups excluding carboxylic acids is 1. The topological polar surface area (TPSA) is 50.4 Å². The maximum Gasteiger partial charge on any atom is 0.319 e. The molecule has 4 nitrogen and oxygen atoms in total. The van der Waals surface area contributed by atoms with Crippen LogP contribution >= 0.6 is 0 Å². The summed E-state index contributed by atoms with van der Waals surface area (Å²) in [7, 11) is 1.61. The Morgan fingerprint density at radius 3 is 2.78 bits per heavy atom. The molecule has 2 N–H and O–H groups in total. The van der Waals surface area contributed by atoms with Crippen molar-refractivity contribution in [3.8, 4) is 5.75 Å². The third-order valence-electron chi connectivity index (χ3n) is 4.30. The van der Waals surface area contributed by atoms with Crippen molar-refractivity contribution in [1.82, 2.24) is 5.32 Å². The molecule has 1 aliphatic rings. The van der Waals surface area contributed by atoms with Crippen molar-refractivity contribution < 1.29 is 9.53 Å². The third-order valence-corrected chi connectivity index (χ3v) is 4.30. The van der Waals surface area contributed by atoms with E-state index in [1.54, 1.807) is 13.2 Å². The van der Waals surface area contributed by atoms with E-state index in [0.29, 0.717) is 5.69 Å². The van der Waals surface area contributed by atoms with Gasteiger partial charge in [-0.1, -0.05) is 24.3 Å². The molecule has 0 saturated heterocycles. The standard InChI is InChI=1S/C19H22N2O2/c1-13(15-10-9-14-5-3-6-16(14)11-15)20-19(22)21-17-7-4-8-18(12-17)23-2/h4,7-13H,3,5-6H2,1-2H3,(H2,20,21,22). The average Bonchev–Trinajstić information content (AvgIpc) is 3.02. The zero-order valence-corrected chi connectivity index (χ0v) is 13.6. The van der Waals surface area contributed by atoms with Gasteiger partial charge in [0, 0.05) is 11.8 Å². The molecule has 0 radical (unpaired) electrons. The third kappa shape index (κ3) is 3.65. The molecular weight excluding hydrogens is 288 g/mol. The van der Waals surface area contributed by atoms with Gasteiger partial charge >= 0.3 is 6.03 Å². The summed E-state index contributed by atoms with van der Waals surface area (Å²) in [6.45, 7) is 2.00. The minimum absolute atomic E-state index is 0.0356. The van der Waals surface area contributed by atoms with E-state index in [0.717, 1.165) is 17.7 Å². The fourth-order valence-electron chi connectivity index (χ4n) is 3.01. The molecular formula is C19H22N2O2. The summed E-state index contributed by atoms with van der Waals surface area (Å²) in [5, 5.41) is 5.82. The molecule has 3 rings (SSSR count). The van der Waals surface area contributed by atoms with Crippen LogP contribution in [0.15, 0.2) is 42.5 Å². The van der Waals surface area contributed by atoms with Crippen molar-refractivity contribution in [2.24, 2.45) is 0 Å². The number of benzene rings is 2. The lowest BCUT2D eigenvalue weighted by molar-refractivity contribution is 0.249. The van der Waals surface area contributed by atoms with Crippen LogP contribution in [0.25, 0.3) is 0 Å². The number of hydrogen-bond acceptors (Lipinski definition) is 2. The molecule has 23 heavy (non-hydrogen) atoms. The van der Waals surface area contributed by atoms with Gasteiger partial charge in [-0.25, -0.2) is 4.79 Å². The zero-order chi connectivity index (χ0) is 16.2. The summed E-state index contributed by atoms with van der Waals surface area (Å²) >= 11 is 0. The smallest absolute Gasteiger partial charge is 0.319 e. The SMILES string of the molecule is COc1cccc(NC(=O)NC(C)c2ccc3c(c2)CCC3)c1. The molecule has 0 heterocycles. The number of carbonyl (C=O) groups is 1. The van der Waals surface area contributed by atoms with Gasteiger partial charge in [0.1, 0.15) is 5.75 Å². The number of urea groups is 1. The summed E-state index contributed by atoms with van der Waals surface area (Å²) < 4.78 is 5.16. The molecule has 0 saturated carbocycles. The Labute approximate surface area is 136 Å². The van der Waals surface area contributed by atoms with Gasteiger partial charge in [-0.15, -0.1) is 0 Å². The van der Waals surface area contributed by atoms with E-state index >= 15 is 0 Å². The van der Waals surface area contributed by atoms with Gasteiger partial charge in [-0.05, 0) is 55.0 Å². The molecule has 4 heteroatoms. The van der Waals surface area contributed by atoms with Crippen molar-refractivity contribution >= 4 is 11.7 Å². The normalized spacial score (nSPS) is 14.0. The molecule has 0 bridgehead atoms. The lowest BCUT2D eigenvalue weighted by Gasteiger charge is -2.16. The number of rotatable bonds is 4. The number of fused-ring (bicyclic) bond motifs is 1. The number of hydrogen-bond donors (Lipinski definition) is 2. The van der Waals surface area contributed by atoms with Crippen LogP contribution in [0.3, 0.4) is 0 Å². The highest BCUT2D eigenvalue weighted by atomic mass is 16.5. The first-order valence-electron chi connectivity index (χ1n) is 7.99. The summed E-state index contributed by atoms with van der Waals surface area (Å²) in [6.07, 6.45) is 3.55. The maximum absolute atomic E-state index is 12.2. The Morgan fingerprint density at radius 1 is 1.13 bits per heavy atom. The number of nitrogens with one attached hydrogen (secondary N) is 2. The van der Waals surface area contributed by atoms with Gasteiger partial charge in [0.05, 0.1) is 13.2 Å². The van der Waals surface area contributed by atoms with Gasteiger partial charge in [0.2, 0.25) is 0 Å². The predicted molar refractivity (Wildman–Crippen MR) is 92.0 cm³/mol. The summed E-state index contributed by atoms with van der Waals surface area (Å²) in [5.41, 5.74) is 4.72. The number of anilines is 1. The van der Waals surface area contributed by atoms with Crippen LogP contribution in [0, 0.1) is 0 Å². The average molecular weight is 310 g/mol. The van der Waals surface area contributed by atoms with E-state index in [1.165, 1.54) is 24.0 Å². The van der Waals surface area contributed by atoms with Crippen molar-refractivity contribution in [2.75, 3.05) is 12.4 Å². The fraction of sp³-hybridized carbons (Fsp3) is 0.316. The van der Waals surface area contributed by atoms with Gasteiger partial charge < -0.3 is 15.4 Å². The fourth-order valence-corrected chi connectivity index (χ4v) is 3.01. The van der Waals surface area contributed by atoms with Crippen LogP contribution in [0.1, 0.15) is 36.1 Å². The molecule has 2 aromatic carbocycles. The first kappa shape index (κ1) is 15.4. The highest BCUT2D eigenvalue weighted by Gasteiger charge is 2.15. The predicted octanol–water partition coefficient (Wildman–Crippen LogP) is 4.07. The minimum atomic E-state index is -0.216. The molecule has 0 aliphatic heterocycles. The Kier molecular flexibility index (Phi) is 4.51. The van der Waals surface area contributed by atoms with Crippen LogP contribution < -0.4 is 15.4 Å². The minimum Gasteiger partial charge on any atom is -0.497 e. The largest absolute Gasteiger partial charge is 0.497 e. The first-order chi connectivity index (χ1) is 11.2. The van der Waals surface area contributed by atoms with E-state index in [-0.39, 0.29) is 12.1 Å². The van der Waals surface area contributed by atoms with E-state index < -0.39 is 0 Å². The molecule has 0 spiro atoms. The molecule has 1 aliphatic carbocycles. The highest BCUT2D eigenvalue weighted by Crippen LogP contribution is 2.25. The summed E-state index contributed by atoms with van der Waals surface area (Å²) in [4.78, 5) is 12.2. The Hall–Kier alpha value is -2.49. The molecule has 1 unspecified atom stereocenters. The summed E-state index contributed by atoms with van der Waals surface area (Å²) in [5.74, 6) is 0.717. The van der Waals surface area contributed by atoms with Crippen molar-refractivity contribution in [2.45, 2.75) is 32.2 Å². The Balaban J connectivity index is 1.62. The molecule has 0 fully saturated rings. The maximum atomic E-state index is 12.2. The van der Waals surface area contributed by atoms with Gasteiger partial charge in [0.15, 0.2) is 0 Å². The molecule has 0 aromatic heterocycles. The van der Waals surface area contributed by atoms with Crippen molar-refractivity contribution in [3.63, 3.8) is 0 Å². The summed E-state index contributed by atoms with van der Waals surface area (Å²) in [6, 6.07) is 13.6. The quantitative estimate of drug-likeness (QED) is 0.894. The van der Waals surface area contributed by atoms with Gasteiger partial charge in [0.25, 0.3) is 0 Å². The first-order valence-corrected chi connectivity index (χ1v) is 7.99. The Bertz CT molecular complexity index is 712. The van der Waals surface area contributed by atoms with Crippen LogP contribution in [0.5, 0.6) is 5.75 Å². The molecule has 2 aromatic rings. The second kappa shape index (κ2) is 6.73. The van der Waals surface area contributed by atoms with Crippen molar-refractivity contribution in [3.05, 3.63) is 59.2 Å². The van der Waals surface area contributed by atoms with Gasteiger partial charge in [-0.3, -0.25) is 0 Å². The van der Waals surface area contributed by atoms with E-state index in [9.17, 15) is 4.79 Å². The lowest BCUT2D eigenvalue weighted by atomic mass is 10.0. The molecule has 1 atom stereocenters. The Morgan fingerprint density at radius 2 is 1.96 bits per heavy atom. The van der Waals surface area contributed by atoms with Crippen LogP contribution in [-0.4, -0.2) is 13.1 Å². The van der Waals surface area contributed by atoms with Crippen LogP contribution in [0.4, 0.5) is 10.5 Å². The van der Waals surface area contributed by atoms with Crippen molar-refractivity contribution in [1.29, 1.82) is 0 Å². The van der Waals surface area contributed by atoms with E-state index in [4.69, 9.17) is 4.74 Å². The monoisotopic (exact) mass is 310 g/mol. The van der Waals surface area contributed by atoms with Crippen LogP contribution in [0.2, 0.25) is 0 Å². The molecule has 2 amide bonds. The number of ether oxygens (including phenoxy) is 1. The highest BCUT2D eigenvalue weighted by molar-refractivity contribution is 5.89. The lowest BCUT2D eigenvalue weighted by Crippen LogP contribution is -2.31. The number of amides is 2. The second-order valence-corrected chi connectivity index (χ2v) is 5.93. The van der Waals surface area contributed by atoms with E-state index in [2.05, 4.69) is 28.8 Å².